The summed E-state index contributed by atoms with van der Waals surface area (Å²) in [6.07, 6.45) is 0.0173. The van der Waals surface area contributed by atoms with Gasteiger partial charge in [0.25, 0.3) is 5.91 Å². The van der Waals surface area contributed by atoms with Crippen LogP contribution >= 0.6 is 22.9 Å². The van der Waals surface area contributed by atoms with Crippen molar-refractivity contribution in [1.82, 2.24) is 4.98 Å². The number of hydrogen-bond acceptors (Lipinski definition) is 7. The van der Waals surface area contributed by atoms with E-state index in [2.05, 4.69) is 4.98 Å². The van der Waals surface area contributed by atoms with Crippen molar-refractivity contribution in [3.05, 3.63) is 75.5 Å². The zero-order valence-corrected chi connectivity index (χ0v) is 18.9. The van der Waals surface area contributed by atoms with Crippen molar-refractivity contribution in [3.8, 4) is 11.8 Å². The number of carbonyl (C=O) groups excluding carboxylic acids is 2. The molecule has 0 unspecified atom stereocenters. The topological polar surface area (TPSA) is 92.5 Å². The van der Waals surface area contributed by atoms with E-state index in [4.69, 9.17) is 26.3 Å². The van der Waals surface area contributed by atoms with Gasteiger partial charge in [0, 0.05) is 22.6 Å². The van der Waals surface area contributed by atoms with Gasteiger partial charge in [-0.2, -0.15) is 5.26 Å². The second-order valence-electron chi connectivity index (χ2n) is 6.75. The number of hydrogen-bond donors (Lipinski definition) is 0. The lowest BCUT2D eigenvalue weighted by molar-refractivity contribution is -0.147. The number of anilines is 1. The first-order valence-corrected chi connectivity index (χ1v) is 11.1. The van der Waals surface area contributed by atoms with Gasteiger partial charge in [0.1, 0.15) is 23.2 Å². The maximum atomic E-state index is 12.9. The molecule has 0 aliphatic heterocycles. The molecule has 0 bridgehead atoms. The number of esters is 1. The van der Waals surface area contributed by atoms with E-state index in [1.165, 1.54) is 40.5 Å². The lowest BCUT2D eigenvalue weighted by atomic mass is 10.2. The SMILES string of the molecule is N#CCCN(C(=O)COC(=O)Cc1csc(COc2ccc(F)cc2)n1)c1cccc(Cl)c1. The van der Waals surface area contributed by atoms with Gasteiger partial charge in [-0.05, 0) is 42.5 Å². The molecule has 0 saturated heterocycles. The Labute approximate surface area is 198 Å². The highest BCUT2D eigenvalue weighted by atomic mass is 35.5. The number of carbonyl (C=O) groups is 2. The minimum atomic E-state index is -0.606. The summed E-state index contributed by atoms with van der Waals surface area (Å²) in [4.78, 5) is 30.5. The Hall–Kier alpha value is -3.48. The van der Waals surface area contributed by atoms with Gasteiger partial charge in [-0.3, -0.25) is 9.59 Å². The number of halogens is 2. The minimum absolute atomic E-state index is 0.101. The van der Waals surface area contributed by atoms with Gasteiger partial charge in [-0.15, -0.1) is 11.3 Å². The van der Waals surface area contributed by atoms with Crippen LogP contribution < -0.4 is 9.64 Å². The second kappa shape index (κ2) is 11.9. The van der Waals surface area contributed by atoms with E-state index in [-0.39, 0.29) is 31.8 Å². The smallest absolute Gasteiger partial charge is 0.312 e. The van der Waals surface area contributed by atoms with Gasteiger partial charge < -0.3 is 14.4 Å². The van der Waals surface area contributed by atoms with E-state index in [9.17, 15) is 14.0 Å². The molecule has 170 valence electrons. The van der Waals surface area contributed by atoms with Crippen LogP contribution in [0.4, 0.5) is 10.1 Å². The predicted octanol–water partition coefficient (Wildman–Crippen LogP) is 4.55. The molecule has 0 fully saturated rings. The molecule has 1 heterocycles. The molecule has 7 nitrogen and oxygen atoms in total. The third kappa shape index (κ3) is 7.56. The van der Waals surface area contributed by atoms with Crippen LogP contribution in [0.15, 0.2) is 53.9 Å². The molecule has 10 heteroatoms. The summed E-state index contributed by atoms with van der Waals surface area (Å²) in [5, 5.41) is 11.7. The van der Waals surface area contributed by atoms with Crippen LogP contribution in [-0.2, 0) is 27.4 Å². The van der Waals surface area contributed by atoms with E-state index in [1.807, 2.05) is 6.07 Å². The number of nitriles is 1. The Morgan fingerprint density at radius 3 is 2.73 bits per heavy atom. The van der Waals surface area contributed by atoms with Crippen molar-refractivity contribution in [2.24, 2.45) is 0 Å². The van der Waals surface area contributed by atoms with Crippen LogP contribution in [-0.4, -0.2) is 30.0 Å². The molecule has 0 radical (unpaired) electrons. The highest BCUT2D eigenvalue weighted by Gasteiger charge is 2.18. The third-order valence-electron chi connectivity index (χ3n) is 4.33. The quantitative estimate of drug-likeness (QED) is 0.390. The maximum absolute atomic E-state index is 12.9. The van der Waals surface area contributed by atoms with E-state index in [1.54, 1.807) is 29.6 Å². The second-order valence-corrected chi connectivity index (χ2v) is 8.13. The normalized spacial score (nSPS) is 10.3. The molecule has 1 aromatic heterocycles. The Bertz CT molecular complexity index is 1150. The van der Waals surface area contributed by atoms with Crippen molar-refractivity contribution in [2.45, 2.75) is 19.4 Å². The van der Waals surface area contributed by atoms with Crippen LogP contribution in [0.2, 0.25) is 5.02 Å². The van der Waals surface area contributed by atoms with Gasteiger partial charge in [0.2, 0.25) is 0 Å². The fraction of sp³-hybridized carbons (Fsp3) is 0.217. The summed E-state index contributed by atoms with van der Waals surface area (Å²) in [5.41, 5.74) is 1.01. The number of amides is 1. The number of aromatic nitrogens is 1. The molecule has 2 aromatic carbocycles. The number of thiazole rings is 1. The first-order valence-electron chi connectivity index (χ1n) is 9.85. The average molecular weight is 488 g/mol. The Kier molecular flexibility index (Phi) is 8.75. The fourth-order valence-electron chi connectivity index (χ4n) is 2.79. The summed E-state index contributed by atoms with van der Waals surface area (Å²) >= 11 is 7.31. The monoisotopic (exact) mass is 487 g/mol. The molecule has 0 aliphatic carbocycles. The van der Waals surface area contributed by atoms with Gasteiger partial charge in [0.15, 0.2) is 6.61 Å². The van der Waals surface area contributed by atoms with Crippen LogP contribution in [0, 0.1) is 17.1 Å². The van der Waals surface area contributed by atoms with Crippen molar-refractivity contribution in [1.29, 1.82) is 5.26 Å². The molecule has 0 N–H and O–H groups in total. The Morgan fingerprint density at radius 2 is 2.00 bits per heavy atom. The Morgan fingerprint density at radius 1 is 1.21 bits per heavy atom. The lowest BCUT2D eigenvalue weighted by Crippen LogP contribution is -2.35. The summed E-state index contributed by atoms with van der Waals surface area (Å²) in [7, 11) is 0. The van der Waals surface area contributed by atoms with Crippen molar-refractivity contribution in [2.75, 3.05) is 18.1 Å². The number of benzene rings is 2. The average Bonchev–Trinajstić information content (AvgIpc) is 3.25. The number of ether oxygens (including phenoxy) is 2. The Balaban J connectivity index is 1.50. The van der Waals surface area contributed by atoms with E-state index < -0.39 is 18.5 Å². The first-order chi connectivity index (χ1) is 15.9. The van der Waals surface area contributed by atoms with Crippen LogP contribution in [0.1, 0.15) is 17.1 Å². The molecule has 0 atom stereocenters. The molecule has 3 aromatic rings. The molecular weight excluding hydrogens is 469 g/mol. The molecule has 33 heavy (non-hydrogen) atoms. The predicted molar refractivity (Wildman–Crippen MR) is 122 cm³/mol. The van der Waals surface area contributed by atoms with Gasteiger partial charge in [-0.25, -0.2) is 9.37 Å². The maximum Gasteiger partial charge on any atom is 0.312 e. The molecule has 0 aliphatic rings. The minimum Gasteiger partial charge on any atom is -0.486 e. The van der Waals surface area contributed by atoms with Gasteiger partial charge >= 0.3 is 5.97 Å². The molecule has 0 spiro atoms. The van der Waals surface area contributed by atoms with E-state index >= 15 is 0 Å². The summed E-state index contributed by atoms with van der Waals surface area (Å²) in [6, 6.07) is 14.3. The molecule has 1 amide bonds. The highest BCUT2D eigenvalue weighted by Crippen LogP contribution is 2.20. The largest absolute Gasteiger partial charge is 0.486 e. The highest BCUT2D eigenvalue weighted by molar-refractivity contribution is 7.09. The summed E-state index contributed by atoms with van der Waals surface area (Å²) in [5.74, 6) is -0.915. The standard InChI is InChI=1S/C23H19ClFN3O4S/c24-16-3-1-4-19(11-16)28(10-2-9-26)22(29)14-32-23(30)12-18-15-33-21(27-18)13-31-20-7-5-17(25)6-8-20/h1,3-8,11,15H,2,10,12-14H2. The third-order valence-corrected chi connectivity index (χ3v) is 5.43. The van der Waals surface area contributed by atoms with Gasteiger partial charge in [0.05, 0.1) is 24.6 Å². The zero-order valence-electron chi connectivity index (χ0n) is 17.4. The van der Waals surface area contributed by atoms with E-state index in [0.29, 0.717) is 27.2 Å². The summed E-state index contributed by atoms with van der Waals surface area (Å²) in [6.45, 7) is -0.143. The van der Waals surface area contributed by atoms with Crippen molar-refractivity contribution < 1.29 is 23.5 Å². The molecular formula is C23H19ClFN3O4S. The van der Waals surface area contributed by atoms with Crippen LogP contribution in [0.3, 0.4) is 0 Å². The van der Waals surface area contributed by atoms with Crippen LogP contribution in [0.5, 0.6) is 5.75 Å². The molecule has 0 saturated carbocycles. The molecule has 3 rings (SSSR count). The van der Waals surface area contributed by atoms with Crippen molar-refractivity contribution in [3.63, 3.8) is 0 Å². The van der Waals surface area contributed by atoms with Crippen LogP contribution in [0.25, 0.3) is 0 Å². The van der Waals surface area contributed by atoms with Gasteiger partial charge in [-0.1, -0.05) is 17.7 Å². The van der Waals surface area contributed by atoms with Crippen molar-refractivity contribution >= 4 is 40.5 Å². The number of rotatable bonds is 10. The fourth-order valence-corrected chi connectivity index (χ4v) is 3.68. The zero-order chi connectivity index (χ0) is 23.6. The lowest BCUT2D eigenvalue weighted by Gasteiger charge is -2.21. The summed E-state index contributed by atoms with van der Waals surface area (Å²) < 4.78 is 23.6. The number of nitrogens with zero attached hydrogens (tertiary/aromatic N) is 3. The first kappa shape index (κ1) is 24.2. The van der Waals surface area contributed by atoms with E-state index in [0.717, 1.165) is 0 Å².